The molecular weight excluding hydrogens is 252 g/mol. The van der Waals surface area contributed by atoms with Gasteiger partial charge in [-0.05, 0) is 40.2 Å². The van der Waals surface area contributed by atoms with E-state index in [9.17, 15) is 4.79 Å². The molecule has 0 saturated carbocycles. The highest BCUT2D eigenvalue weighted by Gasteiger charge is 2.36. The summed E-state index contributed by atoms with van der Waals surface area (Å²) in [6, 6.07) is 0. The van der Waals surface area contributed by atoms with E-state index in [0.717, 1.165) is 12.8 Å². The monoisotopic (exact) mass is 286 g/mol. The van der Waals surface area contributed by atoms with E-state index in [2.05, 4.69) is 6.92 Å². The van der Waals surface area contributed by atoms with Crippen molar-refractivity contribution < 1.29 is 9.53 Å². The van der Waals surface area contributed by atoms with Gasteiger partial charge in [-0.3, -0.25) is 4.79 Å². The molecule has 0 aromatic rings. The highest BCUT2D eigenvalue weighted by atomic mass is 16.6. The Morgan fingerprint density at radius 3 is 2.05 bits per heavy atom. The summed E-state index contributed by atoms with van der Waals surface area (Å²) in [6.45, 7) is 8.19. The Bertz CT molecular complexity index is 274. The molecule has 4 heteroatoms. The van der Waals surface area contributed by atoms with Gasteiger partial charge in [-0.1, -0.05) is 45.4 Å². The molecule has 4 nitrogen and oxygen atoms in total. The lowest BCUT2D eigenvalue weighted by molar-refractivity contribution is -0.162. The van der Waals surface area contributed by atoms with Crippen LogP contribution in [0.4, 0.5) is 0 Å². The number of hydrogen-bond acceptors (Lipinski definition) is 4. The molecule has 0 spiro atoms. The van der Waals surface area contributed by atoms with Crippen molar-refractivity contribution in [3.8, 4) is 0 Å². The van der Waals surface area contributed by atoms with Crippen molar-refractivity contribution >= 4 is 5.97 Å². The molecule has 1 unspecified atom stereocenters. The fraction of sp³-hybridized carbons (Fsp3) is 0.938. The fourth-order valence-corrected chi connectivity index (χ4v) is 2.19. The molecule has 0 aliphatic rings. The molecule has 0 fully saturated rings. The Balaban J connectivity index is 4.27. The van der Waals surface area contributed by atoms with E-state index in [4.69, 9.17) is 16.2 Å². The van der Waals surface area contributed by atoms with Gasteiger partial charge in [-0.2, -0.15) is 0 Å². The first kappa shape index (κ1) is 19.4. The van der Waals surface area contributed by atoms with Gasteiger partial charge in [-0.25, -0.2) is 0 Å². The number of carbonyl (C=O) groups excluding carboxylic acids is 1. The minimum atomic E-state index is -0.924. The second kappa shape index (κ2) is 9.35. The first-order valence-corrected chi connectivity index (χ1v) is 7.97. The van der Waals surface area contributed by atoms with E-state index >= 15 is 0 Å². The third-order valence-electron chi connectivity index (χ3n) is 3.37. The first-order chi connectivity index (χ1) is 9.25. The lowest BCUT2D eigenvalue weighted by Crippen LogP contribution is -2.52. The summed E-state index contributed by atoms with van der Waals surface area (Å²) in [5.41, 5.74) is 10.4. The number of unbranched alkanes of at least 4 members (excludes halogenated alkanes) is 5. The Morgan fingerprint density at radius 2 is 1.55 bits per heavy atom. The zero-order chi connectivity index (χ0) is 15.6. The predicted molar refractivity (Wildman–Crippen MR) is 84.4 cm³/mol. The van der Waals surface area contributed by atoms with Gasteiger partial charge in [0, 0.05) is 0 Å². The van der Waals surface area contributed by atoms with Gasteiger partial charge in [0.15, 0.2) is 0 Å². The zero-order valence-electron chi connectivity index (χ0n) is 13.8. The predicted octanol–water partition coefficient (Wildman–Crippen LogP) is 3.13. The largest absolute Gasteiger partial charge is 0.459 e. The summed E-state index contributed by atoms with van der Waals surface area (Å²) in [5.74, 6) is -0.316. The van der Waals surface area contributed by atoms with E-state index in [1.807, 2.05) is 20.8 Å². The molecule has 0 bridgehead atoms. The van der Waals surface area contributed by atoms with Crippen LogP contribution in [0, 0.1) is 0 Å². The molecular formula is C16H34N2O2. The maximum absolute atomic E-state index is 12.2. The van der Waals surface area contributed by atoms with Crippen LogP contribution in [0.1, 0.15) is 79.1 Å². The zero-order valence-corrected chi connectivity index (χ0v) is 13.8. The molecule has 20 heavy (non-hydrogen) atoms. The van der Waals surface area contributed by atoms with Crippen LogP contribution >= 0.6 is 0 Å². The Morgan fingerprint density at radius 1 is 1.00 bits per heavy atom. The van der Waals surface area contributed by atoms with Gasteiger partial charge >= 0.3 is 5.97 Å². The topological polar surface area (TPSA) is 78.3 Å². The van der Waals surface area contributed by atoms with Gasteiger partial charge in [0.25, 0.3) is 0 Å². The summed E-state index contributed by atoms with van der Waals surface area (Å²) >= 11 is 0. The van der Waals surface area contributed by atoms with Crippen molar-refractivity contribution in [3.63, 3.8) is 0 Å². The Hall–Kier alpha value is -0.610. The second-order valence-corrected chi connectivity index (χ2v) is 6.71. The van der Waals surface area contributed by atoms with Crippen molar-refractivity contribution in [2.45, 2.75) is 90.2 Å². The summed E-state index contributed by atoms with van der Waals surface area (Å²) in [6.07, 6.45) is 8.21. The van der Waals surface area contributed by atoms with E-state index < -0.39 is 11.1 Å². The second-order valence-electron chi connectivity index (χ2n) is 6.71. The minimum absolute atomic E-state index is 0.316. The lowest BCUT2D eigenvalue weighted by atomic mass is 9.89. The van der Waals surface area contributed by atoms with Crippen LogP contribution in [0.15, 0.2) is 0 Å². The molecule has 0 saturated heterocycles. The molecule has 0 radical (unpaired) electrons. The van der Waals surface area contributed by atoms with Crippen molar-refractivity contribution in [2.75, 3.05) is 6.54 Å². The fourth-order valence-electron chi connectivity index (χ4n) is 2.19. The molecule has 0 aromatic carbocycles. The van der Waals surface area contributed by atoms with E-state index in [1.165, 1.54) is 25.7 Å². The van der Waals surface area contributed by atoms with Crippen molar-refractivity contribution in [1.82, 2.24) is 0 Å². The van der Waals surface area contributed by atoms with Crippen molar-refractivity contribution in [1.29, 1.82) is 0 Å². The van der Waals surface area contributed by atoms with Crippen LogP contribution in [-0.2, 0) is 9.53 Å². The molecule has 0 amide bonds. The third-order valence-corrected chi connectivity index (χ3v) is 3.37. The van der Waals surface area contributed by atoms with Crippen LogP contribution in [0.25, 0.3) is 0 Å². The molecule has 0 aromatic heterocycles. The third kappa shape index (κ3) is 8.54. The summed E-state index contributed by atoms with van der Waals surface area (Å²) < 4.78 is 5.43. The maximum atomic E-state index is 12.2. The van der Waals surface area contributed by atoms with Gasteiger partial charge in [0.1, 0.15) is 11.1 Å². The average Bonchev–Trinajstić information content (AvgIpc) is 2.32. The molecule has 1 atom stereocenters. The molecule has 0 rings (SSSR count). The van der Waals surface area contributed by atoms with Gasteiger partial charge in [-0.15, -0.1) is 0 Å². The average molecular weight is 286 g/mol. The van der Waals surface area contributed by atoms with Crippen molar-refractivity contribution in [3.05, 3.63) is 0 Å². The number of carbonyl (C=O) groups is 1. The smallest absolute Gasteiger partial charge is 0.326 e. The van der Waals surface area contributed by atoms with E-state index in [1.54, 1.807) is 0 Å². The number of esters is 1. The van der Waals surface area contributed by atoms with Crippen LogP contribution in [0.5, 0.6) is 0 Å². The summed E-state index contributed by atoms with van der Waals surface area (Å²) in [7, 11) is 0. The molecule has 0 aliphatic heterocycles. The standard InChI is InChI=1S/C16H34N2O2/c1-5-6-7-8-9-10-11-16(18,12-13-17)14(19)20-15(2,3)4/h5-13,17-18H2,1-4H3. The van der Waals surface area contributed by atoms with Gasteiger partial charge in [0.2, 0.25) is 0 Å². The maximum Gasteiger partial charge on any atom is 0.326 e. The first-order valence-electron chi connectivity index (χ1n) is 7.97. The van der Waals surface area contributed by atoms with Gasteiger partial charge < -0.3 is 16.2 Å². The highest BCUT2D eigenvalue weighted by Crippen LogP contribution is 2.22. The summed E-state index contributed by atoms with van der Waals surface area (Å²) in [5, 5.41) is 0. The Labute approximate surface area is 124 Å². The minimum Gasteiger partial charge on any atom is -0.459 e. The molecule has 0 aliphatic carbocycles. The number of rotatable bonds is 10. The quantitative estimate of drug-likeness (QED) is 0.478. The van der Waals surface area contributed by atoms with Crippen LogP contribution < -0.4 is 11.5 Å². The lowest BCUT2D eigenvalue weighted by Gasteiger charge is -2.31. The Kier molecular flexibility index (Phi) is 9.06. The van der Waals surface area contributed by atoms with Crippen LogP contribution in [0.2, 0.25) is 0 Å². The number of hydrogen-bond donors (Lipinski definition) is 2. The SMILES string of the molecule is CCCCCCCCC(N)(CCN)C(=O)OC(C)(C)C. The number of ether oxygens (including phenoxy) is 1. The van der Waals surface area contributed by atoms with E-state index in [-0.39, 0.29) is 5.97 Å². The molecule has 0 heterocycles. The highest BCUT2D eigenvalue weighted by molar-refractivity contribution is 5.80. The van der Waals surface area contributed by atoms with Gasteiger partial charge in [0.05, 0.1) is 0 Å². The number of nitrogens with two attached hydrogens (primary N) is 2. The molecule has 4 N–H and O–H groups in total. The van der Waals surface area contributed by atoms with Crippen LogP contribution in [-0.4, -0.2) is 23.7 Å². The normalized spacial score (nSPS) is 14.9. The van der Waals surface area contributed by atoms with Crippen molar-refractivity contribution in [2.24, 2.45) is 11.5 Å². The summed E-state index contributed by atoms with van der Waals surface area (Å²) in [4.78, 5) is 12.2. The van der Waals surface area contributed by atoms with Crippen LogP contribution in [0.3, 0.4) is 0 Å². The van der Waals surface area contributed by atoms with E-state index in [0.29, 0.717) is 19.4 Å². The molecule has 120 valence electrons.